The van der Waals surface area contributed by atoms with Gasteiger partial charge in [0.15, 0.2) is 0 Å². The van der Waals surface area contributed by atoms with Crippen molar-refractivity contribution in [3.05, 3.63) is 36.8 Å². The van der Waals surface area contributed by atoms with E-state index in [1.807, 2.05) is 12.2 Å². The van der Waals surface area contributed by atoms with Gasteiger partial charge in [-0.1, -0.05) is 12.2 Å². The maximum Gasteiger partial charge on any atom is 0.133 e. The first kappa shape index (κ1) is 12.8. The smallest absolute Gasteiger partial charge is 0.133 e. The summed E-state index contributed by atoms with van der Waals surface area (Å²) in [4.78, 5) is 0. The fourth-order valence-electron chi connectivity index (χ4n) is 1.18. The van der Waals surface area contributed by atoms with Crippen LogP contribution in [-0.2, 0) is 9.47 Å². The summed E-state index contributed by atoms with van der Waals surface area (Å²) < 4.78 is 10.6. The molecule has 0 fully saturated rings. The lowest BCUT2D eigenvalue weighted by Crippen LogP contribution is -1.97. The fraction of sp³-hybridized carbons (Fsp3) is 0.500. The summed E-state index contributed by atoms with van der Waals surface area (Å²) in [5, 5.41) is 0. The van der Waals surface area contributed by atoms with Crippen LogP contribution >= 0.6 is 0 Å². The van der Waals surface area contributed by atoms with E-state index < -0.39 is 0 Å². The van der Waals surface area contributed by atoms with Crippen molar-refractivity contribution in [2.45, 2.75) is 25.7 Å². The highest BCUT2D eigenvalue weighted by Crippen LogP contribution is 2.17. The standard InChI is InChI=1S/C12H20O2/c1-5-7-9-11(13-3)12(14-4)10-8-6-2/h5-6H,1-2,7-10H2,3-4H3/b12-11-. The highest BCUT2D eigenvalue weighted by atomic mass is 16.5. The molecule has 2 nitrogen and oxygen atoms in total. The van der Waals surface area contributed by atoms with Crippen LogP contribution in [0.25, 0.3) is 0 Å². The lowest BCUT2D eigenvalue weighted by atomic mass is 10.2. The Hall–Kier alpha value is -1.18. The van der Waals surface area contributed by atoms with Gasteiger partial charge in [-0.15, -0.1) is 13.2 Å². The number of ether oxygens (including phenoxy) is 2. The van der Waals surface area contributed by atoms with Crippen LogP contribution in [0.2, 0.25) is 0 Å². The SMILES string of the molecule is C=CCC/C(OC)=C(\CCC=C)OC. The Balaban J connectivity index is 4.36. The first-order valence-electron chi connectivity index (χ1n) is 4.81. The van der Waals surface area contributed by atoms with Crippen LogP contribution in [-0.4, -0.2) is 14.2 Å². The van der Waals surface area contributed by atoms with E-state index in [-0.39, 0.29) is 0 Å². The van der Waals surface area contributed by atoms with E-state index in [1.165, 1.54) is 0 Å². The summed E-state index contributed by atoms with van der Waals surface area (Å²) in [6, 6.07) is 0. The summed E-state index contributed by atoms with van der Waals surface area (Å²) in [6.45, 7) is 7.36. The van der Waals surface area contributed by atoms with Crippen molar-refractivity contribution in [3.8, 4) is 0 Å². The molecule has 0 heterocycles. The first-order chi connectivity index (χ1) is 6.79. The van der Waals surface area contributed by atoms with Crippen LogP contribution in [0.3, 0.4) is 0 Å². The van der Waals surface area contributed by atoms with Gasteiger partial charge in [-0.2, -0.15) is 0 Å². The Morgan fingerprint density at radius 3 is 1.50 bits per heavy atom. The second-order valence-corrected chi connectivity index (χ2v) is 2.91. The molecule has 0 aromatic heterocycles. The molecule has 0 N–H and O–H groups in total. The molecule has 0 aliphatic rings. The molecule has 0 aliphatic carbocycles. The fourth-order valence-corrected chi connectivity index (χ4v) is 1.18. The predicted octanol–water partition coefficient (Wildman–Crippen LogP) is 3.42. The molecular weight excluding hydrogens is 176 g/mol. The third-order valence-electron chi connectivity index (χ3n) is 1.95. The van der Waals surface area contributed by atoms with Gasteiger partial charge in [0.2, 0.25) is 0 Å². The average Bonchev–Trinajstić information content (AvgIpc) is 2.23. The summed E-state index contributed by atoms with van der Waals surface area (Å²) in [7, 11) is 3.34. The van der Waals surface area contributed by atoms with E-state index in [9.17, 15) is 0 Å². The molecule has 0 aliphatic heterocycles. The Kier molecular flexibility index (Phi) is 7.71. The molecule has 0 atom stereocenters. The summed E-state index contributed by atoms with van der Waals surface area (Å²) in [5.74, 6) is 1.82. The third kappa shape index (κ3) is 4.75. The molecule has 0 radical (unpaired) electrons. The number of rotatable bonds is 8. The van der Waals surface area contributed by atoms with Crippen molar-refractivity contribution >= 4 is 0 Å². The van der Waals surface area contributed by atoms with Crippen molar-refractivity contribution in [2.75, 3.05) is 14.2 Å². The molecule has 0 aromatic rings. The lowest BCUT2D eigenvalue weighted by Gasteiger charge is -2.11. The molecule has 80 valence electrons. The Morgan fingerprint density at radius 1 is 0.929 bits per heavy atom. The second kappa shape index (κ2) is 8.42. The van der Waals surface area contributed by atoms with Crippen molar-refractivity contribution in [2.24, 2.45) is 0 Å². The minimum absolute atomic E-state index is 0.848. The van der Waals surface area contributed by atoms with Gasteiger partial charge in [0, 0.05) is 12.8 Å². The molecule has 0 spiro atoms. The molecule has 0 rings (SSSR count). The van der Waals surface area contributed by atoms with Crippen LogP contribution in [0.4, 0.5) is 0 Å². The number of methoxy groups -OCH3 is 2. The van der Waals surface area contributed by atoms with Crippen molar-refractivity contribution in [1.29, 1.82) is 0 Å². The van der Waals surface area contributed by atoms with Crippen molar-refractivity contribution < 1.29 is 9.47 Å². The molecule has 0 unspecified atom stereocenters. The summed E-state index contributed by atoms with van der Waals surface area (Å²) >= 11 is 0. The first-order valence-corrected chi connectivity index (χ1v) is 4.81. The van der Waals surface area contributed by atoms with Crippen LogP contribution in [0, 0.1) is 0 Å². The minimum atomic E-state index is 0.848. The monoisotopic (exact) mass is 196 g/mol. The normalized spacial score (nSPS) is 11.6. The average molecular weight is 196 g/mol. The van der Waals surface area contributed by atoms with E-state index >= 15 is 0 Å². The molecule has 2 heteroatoms. The quantitative estimate of drug-likeness (QED) is 0.437. The van der Waals surface area contributed by atoms with Gasteiger partial charge in [-0.25, -0.2) is 0 Å². The summed E-state index contributed by atoms with van der Waals surface area (Å²) in [6.07, 6.45) is 7.26. The highest BCUT2D eigenvalue weighted by molar-refractivity contribution is 5.03. The third-order valence-corrected chi connectivity index (χ3v) is 1.95. The van der Waals surface area contributed by atoms with E-state index in [0.29, 0.717) is 0 Å². The Labute approximate surface area is 86.9 Å². The highest BCUT2D eigenvalue weighted by Gasteiger charge is 2.06. The number of allylic oxidation sites excluding steroid dienone is 4. The molecule has 0 bridgehead atoms. The van der Waals surface area contributed by atoms with E-state index in [1.54, 1.807) is 14.2 Å². The van der Waals surface area contributed by atoms with Crippen molar-refractivity contribution in [3.63, 3.8) is 0 Å². The molecule has 0 saturated heterocycles. The van der Waals surface area contributed by atoms with Crippen LogP contribution in [0.1, 0.15) is 25.7 Å². The Bertz CT molecular complexity index is 182. The summed E-state index contributed by atoms with van der Waals surface area (Å²) in [5.41, 5.74) is 0. The van der Waals surface area contributed by atoms with Crippen LogP contribution in [0.5, 0.6) is 0 Å². The molecule has 0 amide bonds. The van der Waals surface area contributed by atoms with Gasteiger partial charge in [-0.05, 0) is 12.8 Å². The minimum Gasteiger partial charge on any atom is -0.498 e. The van der Waals surface area contributed by atoms with E-state index in [0.717, 1.165) is 37.2 Å². The zero-order valence-corrected chi connectivity index (χ0v) is 9.21. The maximum absolute atomic E-state index is 5.28. The zero-order chi connectivity index (χ0) is 10.8. The predicted molar refractivity (Wildman–Crippen MR) is 59.9 cm³/mol. The van der Waals surface area contributed by atoms with Gasteiger partial charge in [0.05, 0.1) is 14.2 Å². The molecular formula is C12H20O2. The van der Waals surface area contributed by atoms with Crippen LogP contribution < -0.4 is 0 Å². The maximum atomic E-state index is 5.28. The van der Waals surface area contributed by atoms with Crippen LogP contribution in [0.15, 0.2) is 36.8 Å². The van der Waals surface area contributed by atoms with Gasteiger partial charge < -0.3 is 9.47 Å². The van der Waals surface area contributed by atoms with Crippen molar-refractivity contribution in [1.82, 2.24) is 0 Å². The van der Waals surface area contributed by atoms with E-state index in [4.69, 9.17) is 9.47 Å². The lowest BCUT2D eigenvalue weighted by molar-refractivity contribution is 0.204. The topological polar surface area (TPSA) is 18.5 Å². The molecule has 14 heavy (non-hydrogen) atoms. The van der Waals surface area contributed by atoms with Gasteiger partial charge in [-0.3, -0.25) is 0 Å². The Morgan fingerprint density at radius 2 is 1.29 bits per heavy atom. The van der Waals surface area contributed by atoms with Gasteiger partial charge >= 0.3 is 0 Å². The zero-order valence-electron chi connectivity index (χ0n) is 9.21. The molecule has 0 saturated carbocycles. The van der Waals surface area contributed by atoms with Gasteiger partial charge in [0.1, 0.15) is 11.5 Å². The largest absolute Gasteiger partial charge is 0.498 e. The number of hydrogen-bond acceptors (Lipinski definition) is 2. The second-order valence-electron chi connectivity index (χ2n) is 2.91. The van der Waals surface area contributed by atoms with Gasteiger partial charge in [0.25, 0.3) is 0 Å². The number of hydrogen-bond donors (Lipinski definition) is 0. The molecule has 0 aromatic carbocycles. The van der Waals surface area contributed by atoms with E-state index in [2.05, 4.69) is 13.2 Å².